The summed E-state index contributed by atoms with van der Waals surface area (Å²) in [6, 6.07) is 0. The highest BCUT2D eigenvalue weighted by Gasteiger charge is 2.26. The maximum absolute atomic E-state index is 11.2. The molecular formula is C13H20N2O3S. The molecule has 0 aliphatic carbocycles. The molecule has 1 fully saturated rings. The molecule has 5 nitrogen and oxygen atoms in total. The van der Waals surface area contributed by atoms with Crippen LogP contribution < -0.4 is 4.90 Å². The number of carboxylic acids is 1. The van der Waals surface area contributed by atoms with Gasteiger partial charge < -0.3 is 14.7 Å². The van der Waals surface area contributed by atoms with Crippen LogP contribution in [0, 0.1) is 5.92 Å². The van der Waals surface area contributed by atoms with Gasteiger partial charge in [0.05, 0.1) is 12.3 Å². The normalized spacial score (nSPS) is 19.1. The molecule has 1 aromatic rings. The fraction of sp³-hybridized carbons (Fsp3) is 0.692. The number of thiazole rings is 1. The lowest BCUT2D eigenvalue weighted by molar-refractivity contribution is 0.0700. The molecule has 0 radical (unpaired) electrons. The van der Waals surface area contributed by atoms with Gasteiger partial charge in [0, 0.05) is 26.1 Å². The first kappa shape index (κ1) is 14.3. The number of aryl methyl sites for hydroxylation is 1. The monoisotopic (exact) mass is 284 g/mol. The van der Waals surface area contributed by atoms with Crippen molar-refractivity contribution in [2.45, 2.75) is 26.2 Å². The topological polar surface area (TPSA) is 62.7 Å². The summed E-state index contributed by atoms with van der Waals surface area (Å²) < 4.78 is 5.18. The minimum Gasteiger partial charge on any atom is -0.477 e. The van der Waals surface area contributed by atoms with Crippen LogP contribution in [0.4, 0.5) is 5.13 Å². The zero-order chi connectivity index (χ0) is 13.8. The summed E-state index contributed by atoms with van der Waals surface area (Å²) in [6.45, 7) is 4.64. The van der Waals surface area contributed by atoms with E-state index >= 15 is 0 Å². The number of aromatic nitrogens is 1. The molecule has 0 saturated carbocycles. The molecule has 1 atom stereocenters. The second-order valence-electron chi connectivity index (χ2n) is 4.88. The van der Waals surface area contributed by atoms with Crippen molar-refractivity contribution in [1.29, 1.82) is 0 Å². The molecule has 1 N–H and O–H groups in total. The molecule has 2 heterocycles. The molecule has 0 spiro atoms. The van der Waals surface area contributed by atoms with Crippen LogP contribution >= 0.6 is 11.3 Å². The molecule has 6 heteroatoms. The second kappa shape index (κ2) is 6.34. The molecule has 1 aliphatic heterocycles. The third kappa shape index (κ3) is 3.25. The first-order valence-corrected chi connectivity index (χ1v) is 7.44. The molecule has 19 heavy (non-hydrogen) atoms. The molecule has 0 aromatic carbocycles. The first-order valence-electron chi connectivity index (χ1n) is 6.62. The summed E-state index contributed by atoms with van der Waals surface area (Å²) >= 11 is 1.30. The van der Waals surface area contributed by atoms with Gasteiger partial charge in [-0.1, -0.05) is 24.7 Å². The first-order chi connectivity index (χ1) is 9.15. The van der Waals surface area contributed by atoms with Gasteiger partial charge in [0.15, 0.2) is 5.13 Å². The number of carbonyl (C=O) groups is 1. The minimum absolute atomic E-state index is 0.395. The quantitative estimate of drug-likeness (QED) is 0.868. The lowest BCUT2D eigenvalue weighted by Crippen LogP contribution is -2.20. The van der Waals surface area contributed by atoms with Crippen molar-refractivity contribution in [2.75, 3.05) is 31.7 Å². The molecular weight excluding hydrogens is 264 g/mol. The van der Waals surface area contributed by atoms with Crippen molar-refractivity contribution < 1.29 is 14.6 Å². The summed E-state index contributed by atoms with van der Waals surface area (Å²) in [5.74, 6) is -0.336. The van der Waals surface area contributed by atoms with Crippen LogP contribution in [-0.2, 0) is 11.2 Å². The van der Waals surface area contributed by atoms with Gasteiger partial charge in [-0.05, 0) is 12.8 Å². The van der Waals surface area contributed by atoms with E-state index in [-0.39, 0.29) is 0 Å². The number of anilines is 1. The molecule has 0 bridgehead atoms. The van der Waals surface area contributed by atoms with E-state index in [1.54, 1.807) is 7.11 Å². The number of hydrogen-bond acceptors (Lipinski definition) is 5. The summed E-state index contributed by atoms with van der Waals surface area (Å²) in [4.78, 5) is 18.3. The van der Waals surface area contributed by atoms with Crippen LogP contribution in [0.3, 0.4) is 0 Å². The van der Waals surface area contributed by atoms with Crippen LogP contribution in [0.1, 0.15) is 35.1 Å². The highest BCUT2D eigenvalue weighted by Crippen LogP contribution is 2.31. The van der Waals surface area contributed by atoms with E-state index in [9.17, 15) is 9.90 Å². The van der Waals surface area contributed by atoms with Gasteiger partial charge in [0.25, 0.3) is 0 Å². The Morgan fingerprint density at radius 2 is 2.42 bits per heavy atom. The zero-order valence-corrected chi connectivity index (χ0v) is 12.2. The van der Waals surface area contributed by atoms with Gasteiger partial charge in [-0.25, -0.2) is 9.78 Å². The Bertz CT molecular complexity index is 447. The van der Waals surface area contributed by atoms with Crippen LogP contribution in [-0.4, -0.2) is 42.9 Å². The van der Waals surface area contributed by atoms with Gasteiger partial charge in [0.2, 0.25) is 0 Å². The average Bonchev–Trinajstić information content (AvgIpc) is 2.96. The van der Waals surface area contributed by atoms with Gasteiger partial charge in [-0.2, -0.15) is 0 Å². The maximum atomic E-state index is 11.2. The molecule has 1 aromatic heterocycles. The Morgan fingerprint density at radius 1 is 1.63 bits per heavy atom. The van der Waals surface area contributed by atoms with Crippen LogP contribution in [0.2, 0.25) is 0 Å². The minimum atomic E-state index is -0.861. The fourth-order valence-electron chi connectivity index (χ4n) is 2.43. The number of methoxy groups -OCH3 is 1. The highest BCUT2D eigenvalue weighted by molar-refractivity contribution is 7.17. The number of aromatic carboxylic acids is 1. The van der Waals surface area contributed by atoms with E-state index in [0.717, 1.165) is 49.8 Å². The Morgan fingerprint density at radius 3 is 3.05 bits per heavy atom. The van der Waals surface area contributed by atoms with E-state index < -0.39 is 5.97 Å². The Balaban J connectivity index is 2.12. The third-order valence-electron chi connectivity index (χ3n) is 3.33. The largest absolute Gasteiger partial charge is 0.477 e. The molecule has 0 amide bonds. The number of ether oxygens (including phenoxy) is 1. The standard InChI is InChI=1S/C13H20N2O3S/c1-3-4-10-11(12(16)17)19-13(14-10)15-6-5-9(7-15)8-18-2/h9H,3-8H2,1-2H3,(H,16,17). The summed E-state index contributed by atoms with van der Waals surface area (Å²) in [5.41, 5.74) is 0.727. The summed E-state index contributed by atoms with van der Waals surface area (Å²) in [7, 11) is 1.72. The van der Waals surface area contributed by atoms with Crippen molar-refractivity contribution in [2.24, 2.45) is 5.92 Å². The van der Waals surface area contributed by atoms with Gasteiger partial charge >= 0.3 is 5.97 Å². The van der Waals surface area contributed by atoms with Gasteiger partial charge in [-0.15, -0.1) is 0 Å². The van der Waals surface area contributed by atoms with E-state index in [2.05, 4.69) is 9.88 Å². The van der Waals surface area contributed by atoms with Crippen LogP contribution in [0.15, 0.2) is 0 Å². The lowest BCUT2D eigenvalue weighted by atomic mass is 10.1. The summed E-state index contributed by atoms with van der Waals surface area (Å²) in [5, 5.41) is 10.1. The maximum Gasteiger partial charge on any atom is 0.347 e. The predicted molar refractivity (Wildman–Crippen MR) is 75.3 cm³/mol. The van der Waals surface area contributed by atoms with Crippen molar-refractivity contribution in [1.82, 2.24) is 4.98 Å². The summed E-state index contributed by atoms with van der Waals surface area (Å²) in [6.07, 6.45) is 2.72. The van der Waals surface area contributed by atoms with E-state index in [1.165, 1.54) is 11.3 Å². The number of carboxylic acid groups (broad SMARTS) is 1. The fourth-order valence-corrected chi connectivity index (χ4v) is 3.41. The smallest absolute Gasteiger partial charge is 0.347 e. The van der Waals surface area contributed by atoms with Gasteiger partial charge in [-0.3, -0.25) is 0 Å². The third-order valence-corrected chi connectivity index (χ3v) is 4.47. The molecule has 106 valence electrons. The Kier molecular flexibility index (Phi) is 4.76. The van der Waals surface area contributed by atoms with Crippen molar-refractivity contribution >= 4 is 22.4 Å². The Labute approximate surface area is 117 Å². The van der Waals surface area contributed by atoms with E-state index in [0.29, 0.717) is 10.8 Å². The van der Waals surface area contributed by atoms with Crippen molar-refractivity contribution in [3.63, 3.8) is 0 Å². The van der Waals surface area contributed by atoms with E-state index in [1.807, 2.05) is 6.92 Å². The van der Waals surface area contributed by atoms with Gasteiger partial charge in [0.1, 0.15) is 4.88 Å². The van der Waals surface area contributed by atoms with Crippen molar-refractivity contribution in [3.8, 4) is 0 Å². The second-order valence-corrected chi connectivity index (χ2v) is 5.86. The SMILES string of the molecule is CCCc1nc(N2CCC(COC)C2)sc1C(=O)O. The molecule has 1 aliphatic rings. The molecule has 2 rings (SSSR count). The highest BCUT2D eigenvalue weighted by atomic mass is 32.1. The molecule has 1 unspecified atom stereocenters. The Hall–Kier alpha value is -1.14. The number of rotatable bonds is 6. The number of nitrogens with zero attached hydrogens (tertiary/aromatic N) is 2. The lowest BCUT2D eigenvalue weighted by Gasteiger charge is -2.14. The van der Waals surface area contributed by atoms with Crippen LogP contribution in [0.5, 0.6) is 0 Å². The number of hydrogen-bond donors (Lipinski definition) is 1. The van der Waals surface area contributed by atoms with Crippen molar-refractivity contribution in [3.05, 3.63) is 10.6 Å². The zero-order valence-electron chi connectivity index (χ0n) is 11.4. The average molecular weight is 284 g/mol. The van der Waals surface area contributed by atoms with Crippen LogP contribution in [0.25, 0.3) is 0 Å². The predicted octanol–water partition coefficient (Wildman–Crippen LogP) is 2.27. The van der Waals surface area contributed by atoms with E-state index in [4.69, 9.17) is 4.74 Å². The molecule has 1 saturated heterocycles.